The SMILES string of the molecule is Cc1nc2ccc(N(C)CC#N)cc2c(=O)n1C(c1ccccc1)c1ccccc1. The Hall–Kier alpha value is -3.91. The van der Waals surface area contributed by atoms with Crippen molar-refractivity contribution in [1.29, 1.82) is 5.26 Å². The van der Waals surface area contributed by atoms with Gasteiger partial charge in [-0.05, 0) is 36.2 Å². The summed E-state index contributed by atoms with van der Waals surface area (Å²) < 4.78 is 1.76. The topological polar surface area (TPSA) is 61.9 Å². The van der Waals surface area contributed by atoms with Gasteiger partial charge in [0.05, 0.1) is 23.0 Å². The third-order valence-electron chi connectivity index (χ3n) is 5.30. The van der Waals surface area contributed by atoms with Crippen molar-refractivity contribution in [3.8, 4) is 6.07 Å². The zero-order valence-corrected chi connectivity index (χ0v) is 17.0. The van der Waals surface area contributed by atoms with Crippen LogP contribution in [0.1, 0.15) is 23.0 Å². The molecule has 0 bridgehead atoms. The molecule has 0 saturated carbocycles. The molecular weight excluding hydrogens is 372 g/mol. The number of benzene rings is 3. The molecule has 4 rings (SSSR count). The molecule has 148 valence electrons. The van der Waals surface area contributed by atoms with Crippen LogP contribution in [0, 0.1) is 18.3 Å². The van der Waals surface area contributed by atoms with Gasteiger partial charge in [0.1, 0.15) is 12.4 Å². The monoisotopic (exact) mass is 394 g/mol. The summed E-state index contributed by atoms with van der Waals surface area (Å²) in [6.07, 6.45) is 0. The summed E-state index contributed by atoms with van der Waals surface area (Å²) in [6, 6.07) is 27.4. The van der Waals surface area contributed by atoms with Gasteiger partial charge < -0.3 is 4.90 Å². The first kappa shape index (κ1) is 19.4. The summed E-state index contributed by atoms with van der Waals surface area (Å²) in [5.41, 5.74) is 3.42. The van der Waals surface area contributed by atoms with E-state index in [4.69, 9.17) is 10.2 Å². The fourth-order valence-corrected chi connectivity index (χ4v) is 3.80. The van der Waals surface area contributed by atoms with Crippen LogP contribution in [-0.2, 0) is 0 Å². The zero-order valence-electron chi connectivity index (χ0n) is 17.0. The molecule has 4 aromatic rings. The predicted octanol–water partition coefficient (Wildman–Crippen LogP) is 4.30. The standard InChI is InChI=1S/C25H22N4O/c1-18-27-23-14-13-21(28(2)16-15-26)17-22(23)25(30)29(18)24(19-9-5-3-6-10-19)20-11-7-4-8-12-20/h3-14,17,24H,16H2,1-2H3. The molecule has 5 heteroatoms. The Morgan fingerprint density at radius 1 is 1.00 bits per heavy atom. The Balaban J connectivity index is 1.97. The molecule has 0 N–H and O–H groups in total. The fraction of sp³-hybridized carbons (Fsp3) is 0.160. The lowest BCUT2D eigenvalue weighted by molar-refractivity contribution is 0.620. The fourth-order valence-electron chi connectivity index (χ4n) is 3.80. The van der Waals surface area contributed by atoms with E-state index in [1.807, 2.05) is 97.7 Å². The summed E-state index contributed by atoms with van der Waals surface area (Å²) in [4.78, 5) is 20.3. The molecular formula is C25H22N4O. The van der Waals surface area contributed by atoms with E-state index in [1.54, 1.807) is 4.57 Å². The third kappa shape index (κ3) is 3.56. The van der Waals surface area contributed by atoms with Gasteiger partial charge in [0.25, 0.3) is 5.56 Å². The number of nitrogens with zero attached hydrogens (tertiary/aromatic N) is 4. The maximum Gasteiger partial charge on any atom is 0.262 e. The normalized spacial score (nSPS) is 10.9. The maximum absolute atomic E-state index is 13.7. The van der Waals surface area contributed by atoms with Crippen LogP contribution in [0.25, 0.3) is 10.9 Å². The van der Waals surface area contributed by atoms with E-state index in [0.29, 0.717) is 16.7 Å². The van der Waals surface area contributed by atoms with Crippen LogP contribution < -0.4 is 10.5 Å². The molecule has 0 aliphatic heterocycles. The van der Waals surface area contributed by atoms with Crippen molar-refractivity contribution >= 4 is 16.6 Å². The van der Waals surface area contributed by atoms with Crippen molar-refractivity contribution in [3.05, 3.63) is 106 Å². The Kier molecular flexibility index (Phi) is 5.32. The summed E-state index contributed by atoms with van der Waals surface area (Å²) in [5, 5.41) is 9.54. The van der Waals surface area contributed by atoms with Crippen LogP contribution >= 0.6 is 0 Å². The second-order valence-electron chi connectivity index (χ2n) is 7.27. The van der Waals surface area contributed by atoms with Crippen molar-refractivity contribution < 1.29 is 0 Å². The molecule has 3 aromatic carbocycles. The smallest absolute Gasteiger partial charge is 0.262 e. The molecule has 5 nitrogen and oxygen atoms in total. The number of nitriles is 1. The highest BCUT2D eigenvalue weighted by Gasteiger charge is 2.21. The molecule has 0 radical (unpaired) electrons. The lowest BCUT2D eigenvalue weighted by Crippen LogP contribution is -2.29. The third-order valence-corrected chi connectivity index (χ3v) is 5.30. The quantitative estimate of drug-likeness (QED) is 0.474. The number of hydrogen-bond acceptors (Lipinski definition) is 4. The Labute approximate surface area is 175 Å². The van der Waals surface area contributed by atoms with Crippen molar-refractivity contribution in [2.24, 2.45) is 0 Å². The van der Waals surface area contributed by atoms with Gasteiger partial charge in [-0.2, -0.15) is 5.26 Å². The Morgan fingerprint density at radius 3 is 2.17 bits per heavy atom. The number of rotatable bonds is 5. The molecule has 0 aliphatic rings. The summed E-state index contributed by atoms with van der Waals surface area (Å²) in [5.74, 6) is 0.656. The van der Waals surface area contributed by atoms with E-state index < -0.39 is 0 Å². The molecule has 30 heavy (non-hydrogen) atoms. The molecule has 0 fully saturated rings. The molecule has 0 atom stereocenters. The average Bonchev–Trinajstić information content (AvgIpc) is 2.78. The number of fused-ring (bicyclic) bond motifs is 1. The van der Waals surface area contributed by atoms with Crippen LogP contribution in [0.4, 0.5) is 5.69 Å². The van der Waals surface area contributed by atoms with Gasteiger partial charge in [0, 0.05) is 12.7 Å². The minimum absolute atomic E-state index is 0.0950. The van der Waals surface area contributed by atoms with E-state index in [-0.39, 0.29) is 18.1 Å². The van der Waals surface area contributed by atoms with Crippen molar-refractivity contribution in [2.75, 3.05) is 18.5 Å². The molecule has 1 aromatic heterocycles. The molecule has 1 heterocycles. The zero-order chi connectivity index (χ0) is 21.1. The molecule has 0 aliphatic carbocycles. The van der Waals surface area contributed by atoms with Crippen LogP contribution in [0.2, 0.25) is 0 Å². The van der Waals surface area contributed by atoms with Crippen molar-refractivity contribution in [3.63, 3.8) is 0 Å². The maximum atomic E-state index is 13.7. The van der Waals surface area contributed by atoms with Gasteiger partial charge in [-0.1, -0.05) is 60.7 Å². The first-order valence-corrected chi connectivity index (χ1v) is 9.81. The number of hydrogen-bond donors (Lipinski definition) is 0. The molecule has 0 saturated heterocycles. The van der Waals surface area contributed by atoms with Gasteiger partial charge in [-0.15, -0.1) is 0 Å². The highest BCUT2D eigenvalue weighted by Crippen LogP contribution is 2.27. The first-order valence-electron chi connectivity index (χ1n) is 9.81. The van der Waals surface area contributed by atoms with Crippen molar-refractivity contribution in [1.82, 2.24) is 9.55 Å². The second-order valence-corrected chi connectivity index (χ2v) is 7.27. The van der Waals surface area contributed by atoms with Crippen LogP contribution in [0.5, 0.6) is 0 Å². The van der Waals surface area contributed by atoms with Gasteiger partial charge in [0.2, 0.25) is 0 Å². The lowest BCUT2D eigenvalue weighted by atomic mass is 9.98. The van der Waals surface area contributed by atoms with Crippen molar-refractivity contribution in [2.45, 2.75) is 13.0 Å². The first-order chi connectivity index (χ1) is 14.6. The van der Waals surface area contributed by atoms with Gasteiger partial charge in [-0.25, -0.2) is 4.98 Å². The van der Waals surface area contributed by atoms with E-state index in [0.717, 1.165) is 16.8 Å². The Morgan fingerprint density at radius 2 is 1.60 bits per heavy atom. The molecule has 0 unspecified atom stereocenters. The minimum Gasteiger partial charge on any atom is -0.361 e. The molecule has 0 amide bonds. The minimum atomic E-state index is -0.280. The van der Waals surface area contributed by atoms with E-state index in [2.05, 4.69) is 6.07 Å². The van der Waals surface area contributed by atoms with E-state index in [9.17, 15) is 4.79 Å². The predicted molar refractivity (Wildman–Crippen MR) is 120 cm³/mol. The second kappa shape index (κ2) is 8.22. The van der Waals surface area contributed by atoms with Crippen LogP contribution in [-0.4, -0.2) is 23.1 Å². The van der Waals surface area contributed by atoms with Gasteiger partial charge >= 0.3 is 0 Å². The number of anilines is 1. The van der Waals surface area contributed by atoms with Gasteiger partial charge in [-0.3, -0.25) is 9.36 Å². The van der Waals surface area contributed by atoms with Gasteiger partial charge in [0.15, 0.2) is 0 Å². The van der Waals surface area contributed by atoms with E-state index in [1.165, 1.54) is 0 Å². The van der Waals surface area contributed by atoms with E-state index >= 15 is 0 Å². The summed E-state index contributed by atoms with van der Waals surface area (Å²) in [7, 11) is 1.83. The highest BCUT2D eigenvalue weighted by molar-refractivity contribution is 5.82. The molecule has 0 spiro atoms. The lowest BCUT2D eigenvalue weighted by Gasteiger charge is -2.24. The highest BCUT2D eigenvalue weighted by atomic mass is 16.1. The Bertz CT molecular complexity index is 1230. The average molecular weight is 394 g/mol. The summed E-state index contributed by atoms with van der Waals surface area (Å²) >= 11 is 0. The summed E-state index contributed by atoms with van der Waals surface area (Å²) in [6.45, 7) is 2.12. The van der Waals surface area contributed by atoms with Crippen LogP contribution in [0.3, 0.4) is 0 Å². The van der Waals surface area contributed by atoms with Crippen LogP contribution in [0.15, 0.2) is 83.7 Å². The largest absolute Gasteiger partial charge is 0.361 e. The number of aromatic nitrogens is 2. The number of aryl methyl sites for hydroxylation is 1.